The summed E-state index contributed by atoms with van der Waals surface area (Å²) in [5, 5.41) is 4.41. The van der Waals surface area contributed by atoms with Gasteiger partial charge in [-0.2, -0.15) is 0 Å². The van der Waals surface area contributed by atoms with Gasteiger partial charge < -0.3 is 4.42 Å². The van der Waals surface area contributed by atoms with E-state index in [1.807, 2.05) is 24.4 Å². The highest BCUT2D eigenvalue weighted by Gasteiger charge is 2.11. The smallest absolute Gasteiger partial charge is 0.135 e. The normalized spacial score (nSPS) is 11.3. The molecule has 0 N–H and O–H groups in total. The number of benzene rings is 3. The van der Waals surface area contributed by atoms with Crippen LogP contribution in [0.15, 0.2) is 107 Å². The van der Waals surface area contributed by atoms with E-state index < -0.39 is 0 Å². The van der Waals surface area contributed by atoms with Gasteiger partial charge in [0.2, 0.25) is 0 Å². The monoisotopic (exact) mass is 403 g/mol. The number of nitrogens with zero attached hydrogens (tertiary/aromatic N) is 1. The van der Waals surface area contributed by atoms with E-state index in [9.17, 15) is 0 Å². The first-order valence-corrected chi connectivity index (χ1v) is 10.8. The molecule has 3 aromatic carbocycles. The van der Waals surface area contributed by atoms with Crippen molar-refractivity contribution in [3.63, 3.8) is 0 Å². The molecule has 6 aromatic rings. The number of furan rings is 1. The van der Waals surface area contributed by atoms with Crippen LogP contribution in [-0.4, -0.2) is 4.98 Å². The van der Waals surface area contributed by atoms with Crippen LogP contribution in [0, 0.1) is 0 Å². The summed E-state index contributed by atoms with van der Waals surface area (Å²) in [5.74, 6) is 0. The molecule has 6 rings (SSSR count). The second-order valence-corrected chi connectivity index (χ2v) is 8.24. The van der Waals surface area contributed by atoms with Crippen molar-refractivity contribution in [2.75, 3.05) is 0 Å². The number of thiophene rings is 1. The molecule has 30 heavy (non-hydrogen) atoms. The number of pyridine rings is 1. The molecule has 0 aliphatic rings. The summed E-state index contributed by atoms with van der Waals surface area (Å²) >= 11 is 1.76. The Morgan fingerprint density at radius 1 is 0.600 bits per heavy atom. The molecule has 0 atom stereocenters. The van der Waals surface area contributed by atoms with Gasteiger partial charge in [-0.25, -0.2) is 0 Å². The van der Waals surface area contributed by atoms with Gasteiger partial charge in [0, 0.05) is 27.4 Å². The van der Waals surface area contributed by atoms with Crippen LogP contribution < -0.4 is 0 Å². The van der Waals surface area contributed by atoms with Gasteiger partial charge >= 0.3 is 0 Å². The van der Waals surface area contributed by atoms with Crippen LogP contribution in [0.4, 0.5) is 0 Å². The summed E-state index contributed by atoms with van der Waals surface area (Å²) in [7, 11) is 0. The summed E-state index contributed by atoms with van der Waals surface area (Å²) in [6.45, 7) is 0. The van der Waals surface area contributed by atoms with Gasteiger partial charge in [-0.05, 0) is 76.7 Å². The number of fused-ring (bicyclic) bond motifs is 3. The third-order valence-electron chi connectivity index (χ3n) is 5.43. The van der Waals surface area contributed by atoms with Gasteiger partial charge in [-0.15, -0.1) is 11.3 Å². The van der Waals surface area contributed by atoms with Crippen molar-refractivity contribution >= 4 is 33.3 Å². The average molecular weight is 404 g/mol. The summed E-state index contributed by atoms with van der Waals surface area (Å²) < 4.78 is 6.10. The molecule has 0 radical (unpaired) electrons. The highest BCUT2D eigenvalue weighted by Crippen LogP contribution is 2.36. The second kappa shape index (κ2) is 6.97. The predicted molar refractivity (Wildman–Crippen MR) is 126 cm³/mol. The number of rotatable bonds is 3. The van der Waals surface area contributed by atoms with E-state index in [0.717, 1.165) is 33.2 Å². The number of hydrogen-bond donors (Lipinski definition) is 0. The van der Waals surface area contributed by atoms with Crippen LogP contribution in [0.3, 0.4) is 0 Å². The van der Waals surface area contributed by atoms with Gasteiger partial charge in [0.25, 0.3) is 0 Å². The molecule has 0 aliphatic carbocycles. The molecule has 2 nitrogen and oxygen atoms in total. The molecule has 0 fully saturated rings. The van der Waals surface area contributed by atoms with Gasteiger partial charge in [0.1, 0.15) is 11.2 Å². The minimum absolute atomic E-state index is 0.915. The summed E-state index contributed by atoms with van der Waals surface area (Å²) in [6.07, 6.45) is 1.83. The van der Waals surface area contributed by atoms with E-state index in [4.69, 9.17) is 4.42 Å². The molecule has 0 unspecified atom stereocenters. The molecule has 3 heterocycles. The lowest BCUT2D eigenvalue weighted by Crippen LogP contribution is -1.84. The van der Waals surface area contributed by atoms with Crippen LogP contribution in [0.5, 0.6) is 0 Å². The maximum absolute atomic E-state index is 6.10. The first-order chi connectivity index (χ1) is 14.8. The van der Waals surface area contributed by atoms with Crippen molar-refractivity contribution < 1.29 is 4.42 Å². The Labute approximate surface area is 178 Å². The molecular formula is C27H17NOS. The van der Waals surface area contributed by atoms with Crippen LogP contribution in [0.1, 0.15) is 0 Å². The molecule has 0 aliphatic heterocycles. The molecule has 0 spiro atoms. The van der Waals surface area contributed by atoms with Gasteiger partial charge in [-0.1, -0.05) is 36.4 Å². The van der Waals surface area contributed by atoms with E-state index in [-0.39, 0.29) is 0 Å². The molecule has 3 aromatic heterocycles. The summed E-state index contributed by atoms with van der Waals surface area (Å²) in [4.78, 5) is 5.76. The van der Waals surface area contributed by atoms with E-state index in [0.29, 0.717) is 0 Å². The van der Waals surface area contributed by atoms with Crippen molar-refractivity contribution in [1.29, 1.82) is 0 Å². The van der Waals surface area contributed by atoms with E-state index in [1.165, 1.54) is 21.6 Å². The Kier molecular flexibility index (Phi) is 4.00. The first kappa shape index (κ1) is 17.2. The van der Waals surface area contributed by atoms with Gasteiger partial charge in [0.15, 0.2) is 0 Å². The highest BCUT2D eigenvalue weighted by molar-refractivity contribution is 7.13. The zero-order chi connectivity index (χ0) is 19.9. The summed E-state index contributed by atoms with van der Waals surface area (Å²) in [5.41, 5.74) is 7.50. The third kappa shape index (κ3) is 2.92. The van der Waals surface area contributed by atoms with Crippen LogP contribution >= 0.6 is 11.3 Å². The number of hydrogen-bond acceptors (Lipinski definition) is 3. The zero-order valence-corrected chi connectivity index (χ0v) is 16.9. The fourth-order valence-electron chi connectivity index (χ4n) is 3.94. The lowest BCUT2D eigenvalue weighted by molar-refractivity contribution is 0.669. The molecule has 0 bridgehead atoms. The van der Waals surface area contributed by atoms with Crippen molar-refractivity contribution in [1.82, 2.24) is 4.98 Å². The first-order valence-electron chi connectivity index (χ1n) is 9.87. The minimum atomic E-state index is 0.915. The van der Waals surface area contributed by atoms with E-state index in [1.54, 1.807) is 11.3 Å². The Morgan fingerprint density at radius 2 is 1.37 bits per heavy atom. The Morgan fingerprint density at radius 3 is 2.13 bits per heavy atom. The zero-order valence-electron chi connectivity index (χ0n) is 16.1. The lowest BCUT2D eigenvalue weighted by Gasteiger charge is -2.06. The molecule has 142 valence electrons. The van der Waals surface area contributed by atoms with Gasteiger partial charge in [-0.3, -0.25) is 4.98 Å². The quantitative estimate of drug-likeness (QED) is 0.299. The number of aromatic nitrogens is 1. The SMILES string of the molecule is c1ccc(-c2cccc(-c3ccc4oc5ccc(-c6cccs6)cc5c4c3)c2)nc1. The Balaban J connectivity index is 1.49. The predicted octanol–water partition coefficient (Wildman–Crippen LogP) is 8.04. The van der Waals surface area contributed by atoms with Crippen molar-refractivity contribution in [2.45, 2.75) is 0 Å². The molecule has 0 amide bonds. The average Bonchev–Trinajstić information content (AvgIpc) is 3.47. The van der Waals surface area contributed by atoms with E-state index >= 15 is 0 Å². The maximum Gasteiger partial charge on any atom is 0.135 e. The van der Waals surface area contributed by atoms with Crippen LogP contribution in [0.2, 0.25) is 0 Å². The molecular weight excluding hydrogens is 386 g/mol. The molecule has 3 heteroatoms. The molecule has 0 saturated carbocycles. The maximum atomic E-state index is 6.10. The van der Waals surface area contributed by atoms with Crippen molar-refractivity contribution in [3.05, 3.63) is 103 Å². The fraction of sp³-hybridized carbons (Fsp3) is 0. The molecule has 0 saturated heterocycles. The van der Waals surface area contributed by atoms with Crippen LogP contribution in [-0.2, 0) is 0 Å². The topological polar surface area (TPSA) is 26.0 Å². The van der Waals surface area contributed by atoms with Gasteiger partial charge in [0.05, 0.1) is 5.69 Å². The Hall–Kier alpha value is -3.69. The van der Waals surface area contributed by atoms with E-state index in [2.05, 4.69) is 83.2 Å². The summed E-state index contributed by atoms with van der Waals surface area (Å²) in [6, 6.07) is 31.7. The minimum Gasteiger partial charge on any atom is -0.456 e. The highest BCUT2D eigenvalue weighted by atomic mass is 32.1. The second-order valence-electron chi connectivity index (χ2n) is 7.30. The van der Waals surface area contributed by atoms with Crippen LogP contribution in [0.25, 0.3) is 54.8 Å². The standard InChI is InChI=1S/C27H17NOS/c1-2-13-28-24(7-1)20-6-3-5-18(15-20)19-9-11-25-22(16-19)23-17-21(10-12-26(23)29-25)27-8-4-14-30-27/h1-17H. The lowest BCUT2D eigenvalue weighted by atomic mass is 9.99. The fourth-order valence-corrected chi connectivity index (χ4v) is 4.67. The van der Waals surface area contributed by atoms with Crippen molar-refractivity contribution in [2.24, 2.45) is 0 Å². The van der Waals surface area contributed by atoms with Crippen molar-refractivity contribution in [3.8, 4) is 32.8 Å². The Bertz CT molecular complexity index is 1480. The largest absolute Gasteiger partial charge is 0.456 e. The third-order valence-corrected chi connectivity index (χ3v) is 6.35.